The van der Waals surface area contributed by atoms with E-state index in [9.17, 15) is 0 Å². The van der Waals surface area contributed by atoms with Crippen LogP contribution >= 0.6 is 0 Å². The highest BCUT2D eigenvalue weighted by Crippen LogP contribution is 2.00. The molecule has 10 heavy (non-hydrogen) atoms. The average molecular weight is 139 g/mol. The Morgan fingerprint density at radius 3 is 3.10 bits per heavy atom. The van der Waals surface area contributed by atoms with Crippen LogP contribution in [0.2, 0.25) is 2.82 Å². The van der Waals surface area contributed by atoms with Crippen molar-refractivity contribution in [3.8, 4) is 0 Å². The number of hydrogen-bond donors (Lipinski definition) is 1. The minimum Gasteiger partial charge on any atom is -0.328 e. The summed E-state index contributed by atoms with van der Waals surface area (Å²) in [5.41, 5.74) is 1.17. The fraction of sp³-hybridized carbons (Fsp3) is 0.333. The number of hydrogen-bond acceptors (Lipinski definition) is 1. The Labute approximate surface area is 67.6 Å². The van der Waals surface area contributed by atoms with Crippen molar-refractivity contribution in [1.82, 2.24) is 0 Å². The van der Waals surface area contributed by atoms with Gasteiger partial charge in [0.25, 0.3) is 0 Å². The van der Waals surface area contributed by atoms with E-state index >= 15 is 0 Å². The molecular formula is C9H13N. The lowest BCUT2D eigenvalue weighted by atomic mass is 10.1. The lowest BCUT2D eigenvalue weighted by Gasteiger charge is -2.02. The van der Waals surface area contributed by atoms with Crippen LogP contribution in [0.15, 0.2) is 30.3 Å². The fourth-order valence-corrected chi connectivity index (χ4v) is 0.831. The van der Waals surface area contributed by atoms with E-state index in [0.717, 1.165) is 5.56 Å². The molecule has 1 nitrogen and oxygen atoms in total. The Morgan fingerprint density at radius 1 is 1.70 bits per heavy atom. The van der Waals surface area contributed by atoms with Gasteiger partial charge in [0.05, 0.1) is 0 Å². The highest BCUT2D eigenvalue weighted by atomic mass is 14.6. The van der Waals surface area contributed by atoms with Crippen molar-refractivity contribution in [1.29, 1.82) is 0 Å². The summed E-state index contributed by atoms with van der Waals surface area (Å²) in [5, 5.41) is 0. The molecule has 0 aliphatic rings. The molecule has 2 N–H and O–H groups in total. The molecule has 1 rings (SSSR count). The summed E-state index contributed by atoms with van der Waals surface area (Å²) in [4.78, 5) is 0. The van der Waals surface area contributed by atoms with Crippen LogP contribution in [0.5, 0.6) is 0 Å². The standard InChI is InChI=1S/C9H13N/c1-8(10)7-9-5-3-2-4-6-9/h2-6,8H,7,10H2,1H3/i1D,8D/hD2. The molecule has 0 amide bonds. The van der Waals surface area contributed by atoms with Gasteiger partial charge in [0.15, 0.2) is 0 Å². The molecule has 0 heterocycles. The summed E-state index contributed by atoms with van der Waals surface area (Å²) in [6.45, 7) is -0.283. The van der Waals surface area contributed by atoms with E-state index in [1.165, 1.54) is 0 Å². The molecule has 0 aliphatic heterocycles. The molecular weight excluding hydrogens is 122 g/mol. The summed E-state index contributed by atoms with van der Waals surface area (Å²) in [5.74, 6) is 0. The molecule has 0 saturated carbocycles. The van der Waals surface area contributed by atoms with Gasteiger partial charge in [-0.2, -0.15) is 0 Å². The van der Waals surface area contributed by atoms with Gasteiger partial charge in [0.2, 0.25) is 0 Å². The molecule has 0 saturated heterocycles. The minimum atomic E-state index is -1.47. The third kappa shape index (κ3) is 2.19. The molecule has 0 spiro atoms. The first-order valence-electron chi connectivity index (χ1n) is 5.30. The van der Waals surface area contributed by atoms with Gasteiger partial charge >= 0.3 is 0 Å². The first kappa shape index (κ1) is 3.54. The smallest absolute Gasteiger partial charge is 0.119 e. The summed E-state index contributed by atoms with van der Waals surface area (Å²) in [6.07, 6.45) is 0.227. The molecule has 0 radical (unpaired) electrons. The zero-order valence-electron chi connectivity index (χ0n) is 9.75. The minimum absolute atomic E-state index is 0.227. The maximum atomic E-state index is 7.72. The molecule has 1 unspecified atom stereocenters. The van der Waals surface area contributed by atoms with Crippen molar-refractivity contribution in [3.63, 3.8) is 0 Å². The Balaban J connectivity index is 2.76. The number of benzene rings is 1. The van der Waals surface area contributed by atoms with Gasteiger partial charge in [-0.3, -0.25) is 0 Å². The maximum Gasteiger partial charge on any atom is 0.119 e. The molecule has 0 fully saturated rings. The zero-order valence-corrected chi connectivity index (χ0v) is 5.75. The van der Waals surface area contributed by atoms with E-state index in [4.69, 9.17) is 5.57 Å². The second kappa shape index (κ2) is 3.37. The molecule has 54 valence electrons. The summed E-state index contributed by atoms with van der Waals surface area (Å²) >= 11 is 0. The lowest BCUT2D eigenvalue weighted by molar-refractivity contribution is 0.738. The molecule has 1 heteroatoms. The molecule has 0 bridgehead atoms. The van der Waals surface area contributed by atoms with Crippen LogP contribution in [-0.4, -0.2) is 6.02 Å². The van der Waals surface area contributed by atoms with E-state index in [1.807, 2.05) is 30.3 Å². The maximum absolute atomic E-state index is 7.72. The van der Waals surface area contributed by atoms with Crippen molar-refractivity contribution < 1.29 is 5.57 Å². The van der Waals surface area contributed by atoms with Crippen LogP contribution in [0.1, 0.15) is 15.2 Å². The Morgan fingerprint density at radius 2 is 2.50 bits per heavy atom. The van der Waals surface area contributed by atoms with Gasteiger partial charge < -0.3 is 5.72 Å². The van der Waals surface area contributed by atoms with Gasteiger partial charge in [-0.1, -0.05) is 30.3 Å². The first-order chi connectivity index (χ1) is 6.58. The van der Waals surface area contributed by atoms with Gasteiger partial charge in [-0.05, 0) is 18.9 Å². The Bertz CT molecular complexity index is 277. The quantitative estimate of drug-likeness (QED) is 0.676. The second-order valence-corrected chi connectivity index (χ2v) is 2.23. The highest BCUT2D eigenvalue weighted by Gasteiger charge is 1.94. The number of nitrogens with two attached hydrogens (primary N) is 1. The number of rotatable bonds is 3. The molecule has 0 aromatic heterocycles. The highest BCUT2D eigenvalue weighted by molar-refractivity contribution is 5.15. The van der Waals surface area contributed by atoms with E-state index in [0.29, 0.717) is 5.72 Å². The molecule has 1 aromatic carbocycles. The Hall–Kier alpha value is -0.820. The van der Waals surface area contributed by atoms with E-state index in [-0.39, 0.29) is 13.3 Å². The summed E-state index contributed by atoms with van der Waals surface area (Å²) in [6, 6.07) is 7.76. The van der Waals surface area contributed by atoms with Crippen LogP contribution in [0.25, 0.3) is 0 Å². The van der Waals surface area contributed by atoms with E-state index in [1.54, 1.807) is 0 Å². The fourth-order valence-electron chi connectivity index (χ4n) is 0.831. The van der Waals surface area contributed by atoms with Gasteiger partial charge in [-0.25, -0.2) is 0 Å². The van der Waals surface area contributed by atoms with Crippen LogP contribution in [0, 0.1) is 0 Å². The van der Waals surface area contributed by atoms with Crippen molar-refractivity contribution in [3.05, 3.63) is 35.9 Å². The molecule has 1 aromatic rings. The Kier molecular flexibility index (Phi) is 1.19. The van der Waals surface area contributed by atoms with Crippen LogP contribution in [-0.2, 0) is 6.42 Å². The SMILES string of the molecule is [2H]CC([2H])(Cc1ccccc1)N([2H])[2H]. The summed E-state index contributed by atoms with van der Waals surface area (Å²) < 4.78 is 29.0. The lowest BCUT2D eigenvalue weighted by Crippen LogP contribution is -2.17. The van der Waals surface area contributed by atoms with Crippen LogP contribution in [0.4, 0.5) is 0 Å². The summed E-state index contributed by atoms with van der Waals surface area (Å²) in [7, 11) is 0. The molecule has 0 aliphatic carbocycles. The van der Waals surface area contributed by atoms with Crippen LogP contribution < -0.4 is 5.72 Å². The van der Waals surface area contributed by atoms with Crippen molar-refractivity contribution in [2.24, 2.45) is 5.72 Å². The van der Waals surface area contributed by atoms with Crippen molar-refractivity contribution >= 4 is 0 Å². The largest absolute Gasteiger partial charge is 0.328 e. The van der Waals surface area contributed by atoms with E-state index < -0.39 is 6.02 Å². The zero-order chi connectivity index (χ0) is 10.6. The first-order valence-corrected chi connectivity index (χ1v) is 3.19. The van der Waals surface area contributed by atoms with Crippen molar-refractivity contribution in [2.45, 2.75) is 19.3 Å². The second-order valence-electron chi connectivity index (χ2n) is 2.23. The van der Waals surface area contributed by atoms with E-state index in [2.05, 4.69) is 0 Å². The van der Waals surface area contributed by atoms with Crippen molar-refractivity contribution in [2.75, 3.05) is 0 Å². The topological polar surface area (TPSA) is 26.0 Å². The predicted molar refractivity (Wildman–Crippen MR) is 43.8 cm³/mol. The van der Waals surface area contributed by atoms with Gasteiger partial charge in [0.1, 0.15) is 2.82 Å². The normalized spacial score (nSPS) is 22.1. The third-order valence-corrected chi connectivity index (χ3v) is 1.25. The van der Waals surface area contributed by atoms with Crippen LogP contribution in [0.3, 0.4) is 0 Å². The monoisotopic (exact) mass is 139 g/mol. The average Bonchev–Trinajstić information content (AvgIpc) is 2.19. The molecule has 1 atom stereocenters. The predicted octanol–water partition coefficient (Wildman–Crippen LogP) is 1.58. The van der Waals surface area contributed by atoms with Gasteiger partial charge in [-0.15, -0.1) is 0 Å². The third-order valence-electron chi connectivity index (χ3n) is 1.25. The van der Waals surface area contributed by atoms with Gasteiger partial charge in [0, 0.05) is 8.76 Å².